The summed E-state index contributed by atoms with van der Waals surface area (Å²) >= 11 is 0. The van der Waals surface area contributed by atoms with Crippen molar-refractivity contribution in [2.45, 2.75) is 77.9 Å². The van der Waals surface area contributed by atoms with Gasteiger partial charge in [0.15, 0.2) is 0 Å². The third-order valence-corrected chi connectivity index (χ3v) is 5.35. The zero-order valence-electron chi connectivity index (χ0n) is 17.1. The van der Waals surface area contributed by atoms with Crippen molar-refractivity contribution >= 4 is 5.97 Å². The van der Waals surface area contributed by atoms with Crippen LogP contribution in [-0.2, 0) is 4.74 Å². The Morgan fingerprint density at radius 3 is 2.63 bits per heavy atom. The number of unbranched alkanes of at least 4 members (excludes halogenated alkanes) is 1. The highest BCUT2D eigenvalue weighted by atomic mass is 35.5. The van der Waals surface area contributed by atoms with Gasteiger partial charge in [0.2, 0.25) is 0 Å². The monoisotopic (exact) mass is 397 g/mol. The van der Waals surface area contributed by atoms with Gasteiger partial charge in [0.25, 0.3) is 0 Å². The minimum Gasteiger partial charge on any atom is -1.00 e. The number of piperidine rings is 1. The molecular weight excluding hydrogens is 362 g/mol. The lowest BCUT2D eigenvalue weighted by molar-refractivity contribution is -0.928. The number of halogens is 1. The molecule has 1 N–H and O–H groups in total. The van der Waals surface area contributed by atoms with E-state index in [9.17, 15) is 4.79 Å². The molecule has 4 nitrogen and oxygen atoms in total. The van der Waals surface area contributed by atoms with Crippen molar-refractivity contribution < 1.29 is 31.6 Å². The standard InChI is InChI=1S/C22H35NO3.ClH/c1-4-5-10-19(3)26-21-13-11-20(12-14-21)22(24)25-17-8-16-23-15-7-6-9-18(23)2;/h11-14,18-19H,4-10,15-17H2,1-3H3;1H. The van der Waals surface area contributed by atoms with Gasteiger partial charge in [0, 0.05) is 6.42 Å². The number of nitrogens with one attached hydrogen (secondary N) is 1. The highest BCUT2D eigenvalue weighted by molar-refractivity contribution is 5.89. The number of carbonyl (C=O) groups is 1. The lowest BCUT2D eigenvalue weighted by Crippen LogP contribution is -3.16. The van der Waals surface area contributed by atoms with Gasteiger partial charge in [0.05, 0.1) is 37.4 Å². The molecule has 0 spiro atoms. The number of hydrogen-bond donors (Lipinski definition) is 1. The molecule has 0 saturated carbocycles. The first-order chi connectivity index (χ1) is 12.6. The van der Waals surface area contributed by atoms with Gasteiger partial charge in [-0.05, 0) is 63.8 Å². The summed E-state index contributed by atoms with van der Waals surface area (Å²) < 4.78 is 11.3. The lowest BCUT2D eigenvalue weighted by Gasteiger charge is -2.30. The molecule has 5 heteroatoms. The number of likely N-dealkylation sites (tertiary alicyclic amines) is 1. The van der Waals surface area contributed by atoms with Crippen molar-refractivity contribution in [1.82, 2.24) is 0 Å². The minimum atomic E-state index is -0.239. The first-order valence-electron chi connectivity index (χ1n) is 10.4. The van der Waals surface area contributed by atoms with Crippen molar-refractivity contribution in [2.24, 2.45) is 0 Å². The Morgan fingerprint density at radius 2 is 1.96 bits per heavy atom. The molecule has 1 aliphatic heterocycles. The molecule has 1 aromatic carbocycles. The minimum absolute atomic E-state index is 0. The molecule has 1 aromatic rings. The molecule has 3 unspecified atom stereocenters. The Balaban J connectivity index is 0.00000364. The molecule has 154 valence electrons. The average molecular weight is 398 g/mol. The first-order valence-corrected chi connectivity index (χ1v) is 10.4. The summed E-state index contributed by atoms with van der Waals surface area (Å²) in [6.07, 6.45) is 8.54. The van der Waals surface area contributed by atoms with E-state index in [0.717, 1.165) is 31.2 Å². The number of rotatable bonds is 10. The van der Waals surface area contributed by atoms with Crippen LogP contribution in [-0.4, -0.2) is 37.8 Å². The maximum atomic E-state index is 12.2. The maximum absolute atomic E-state index is 12.2. The molecule has 0 amide bonds. The van der Waals surface area contributed by atoms with Crippen LogP contribution in [0, 0.1) is 0 Å². The molecule has 0 bridgehead atoms. The average Bonchev–Trinajstić information content (AvgIpc) is 2.65. The van der Waals surface area contributed by atoms with E-state index in [0.29, 0.717) is 12.2 Å². The number of quaternary nitrogens is 1. The topological polar surface area (TPSA) is 40.0 Å². The van der Waals surface area contributed by atoms with E-state index < -0.39 is 0 Å². The fourth-order valence-corrected chi connectivity index (χ4v) is 3.62. The zero-order valence-corrected chi connectivity index (χ0v) is 17.9. The van der Waals surface area contributed by atoms with Crippen LogP contribution in [0.15, 0.2) is 24.3 Å². The predicted molar refractivity (Wildman–Crippen MR) is 105 cm³/mol. The molecule has 27 heavy (non-hydrogen) atoms. The van der Waals surface area contributed by atoms with Crippen LogP contribution in [0.1, 0.15) is 76.1 Å². The predicted octanol–water partition coefficient (Wildman–Crippen LogP) is 0.652. The normalized spacial score (nSPS) is 20.4. The van der Waals surface area contributed by atoms with Gasteiger partial charge in [-0.2, -0.15) is 0 Å². The quantitative estimate of drug-likeness (QED) is 0.465. The molecule has 1 fully saturated rings. The van der Waals surface area contributed by atoms with Crippen LogP contribution >= 0.6 is 0 Å². The second-order valence-electron chi connectivity index (χ2n) is 7.64. The summed E-state index contributed by atoms with van der Waals surface area (Å²) in [7, 11) is 0. The third-order valence-electron chi connectivity index (χ3n) is 5.35. The molecule has 1 saturated heterocycles. The van der Waals surface area contributed by atoms with Gasteiger partial charge in [0.1, 0.15) is 5.75 Å². The largest absolute Gasteiger partial charge is 1.00 e. The van der Waals surface area contributed by atoms with Crippen LogP contribution in [0.5, 0.6) is 5.75 Å². The molecule has 2 rings (SSSR count). The van der Waals surface area contributed by atoms with E-state index >= 15 is 0 Å². The van der Waals surface area contributed by atoms with Crippen molar-refractivity contribution in [3.05, 3.63) is 29.8 Å². The van der Waals surface area contributed by atoms with Crippen molar-refractivity contribution in [3.8, 4) is 5.75 Å². The molecule has 1 aliphatic rings. The van der Waals surface area contributed by atoms with E-state index in [1.807, 2.05) is 12.1 Å². The summed E-state index contributed by atoms with van der Waals surface area (Å²) in [5.41, 5.74) is 0.595. The van der Waals surface area contributed by atoms with Gasteiger partial charge in [-0.3, -0.25) is 0 Å². The molecule has 1 heterocycles. The summed E-state index contributed by atoms with van der Waals surface area (Å²) in [6.45, 7) is 9.45. The third kappa shape index (κ3) is 8.52. The molecule has 0 radical (unpaired) electrons. The van der Waals surface area contributed by atoms with Gasteiger partial charge < -0.3 is 26.8 Å². The van der Waals surface area contributed by atoms with E-state index in [4.69, 9.17) is 9.47 Å². The smallest absolute Gasteiger partial charge is 0.338 e. The van der Waals surface area contributed by atoms with E-state index in [2.05, 4.69) is 20.8 Å². The van der Waals surface area contributed by atoms with Gasteiger partial charge in [-0.25, -0.2) is 4.79 Å². The highest BCUT2D eigenvalue weighted by Gasteiger charge is 2.21. The van der Waals surface area contributed by atoms with Crippen LogP contribution in [0.2, 0.25) is 0 Å². The summed E-state index contributed by atoms with van der Waals surface area (Å²) in [5, 5.41) is 0. The van der Waals surface area contributed by atoms with Crippen LogP contribution in [0.25, 0.3) is 0 Å². The van der Waals surface area contributed by atoms with Crippen molar-refractivity contribution in [2.75, 3.05) is 19.7 Å². The van der Waals surface area contributed by atoms with Crippen LogP contribution in [0.4, 0.5) is 0 Å². The van der Waals surface area contributed by atoms with Crippen molar-refractivity contribution in [3.63, 3.8) is 0 Å². The maximum Gasteiger partial charge on any atom is 0.338 e. The van der Waals surface area contributed by atoms with Crippen LogP contribution < -0.4 is 22.0 Å². The lowest BCUT2D eigenvalue weighted by atomic mass is 10.0. The number of carbonyl (C=O) groups excluding carboxylic acids is 1. The zero-order chi connectivity index (χ0) is 18.8. The summed E-state index contributed by atoms with van der Waals surface area (Å²) in [5.74, 6) is 0.574. The Kier molecular flexibility index (Phi) is 11.5. The Morgan fingerprint density at radius 1 is 1.22 bits per heavy atom. The summed E-state index contributed by atoms with van der Waals surface area (Å²) in [6, 6.07) is 8.05. The van der Waals surface area contributed by atoms with E-state index in [-0.39, 0.29) is 24.5 Å². The Hall–Kier alpha value is -1.26. The highest BCUT2D eigenvalue weighted by Crippen LogP contribution is 2.16. The number of hydrogen-bond acceptors (Lipinski definition) is 3. The number of esters is 1. The Labute approximate surface area is 171 Å². The fraction of sp³-hybridized carbons (Fsp3) is 0.682. The van der Waals surface area contributed by atoms with Gasteiger partial charge in [-0.15, -0.1) is 0 Å². The molecular formula is C22H36ClNO3. The van der Waals surface area contributed by atoms with Crippen molar-refractivity contribution in [1.29, 1.82) is 0 Å². The second-order valence-corrected chi connectivity index (χ2v) is 7.64. The molecule has 0 aromatic heterocycles. The molecule has 0 aliphatic carbocycles. The van der Waals surface area contributed by atoms with Gasteiger partial charge in [-0.1, -0.05) is 19.8 Å². The first kappa shape index (κ1) is 23.8. The fourth-order valence-electron chi connectivity index (χ4n) is 3.62. The number of ether oxygens (including phenoxy) is 2. The van der Waals surface area contributed by atoms with Crippen LogP contribution in [0.3, 0.4) is 0 Å². The van der Waals surface area contributed by atoms with E-state index in [1.165, 1.54) is 38.6 Å². The van der Waals surface area contributed by atoms with Gasteiger partial charge >= 0.3 is 5.97 Å². The van der Waals surface area contributed by atoms with E-state index in [1.54, 1.807) is 17.0 Å². The molecule has 3 atom stereocenters. The SMILES string of the molecule is CCCCC(C)Oc1ccc(C(=O)OCCC[NH+]2CCCCC2C)cc1.[Cl-]. The number of benzene rings is 1. The summed E-state index contributed by atoms with van der Waals surface area (Å²) in [4.78, 5) is 13.8. The Bertz CT molecular complexity index is 535. The second kappa shape index (κ2) is 13.0.